The van der Waals surface area contributed by atoms with Gasteiger partial charge in [0.1, 0.15) is 11.6 Å². The Bertz CT molecular complexity index is 1030. The number of likely N-dealkylation sites (tertiary alicyclic amines) is 1. The zero-order chi connectivity index (χ0) is 22.3. The molecule has 7 nitrogen and oxygen atoms in total. The molecule has 0 saturated carbocycles. The number of nitrogens with zero attached hydrogens (tertiary/aromatic N) is 4. The van der Waals surface area contributed by atoms with Gasteiger partial charge in [-0.25, -0.2) is 4.39 Å². The summed E-state index contributed by atoms with van der Waals surface area (Å²) in [6.07, 6.45) is 3.61. The van der Waals surface area contributed by atoms with E-state index in [2.05, 4.69) is 20.4 Å². The van der Waals surface area contributed by atoms with Gasteiger partial charge in [0, 0.05) is 11.4 Å². The van der Waals surface area contributed by atoms with Gasteiger partial charge in [-0.3, -0.25) is 14.3 Å². The smallest absolute Gasteiger partial charge is 0.234 e. The van der Waals surface area contributed by atoms with Crippen LogP contribution in [0.3, 0.4) is 0 Å². The minimum atomic E-state index is -0.299. The molecule has 1 aliphatic heterocycles. The van der Waals surface area contributed by atoms with E-state index in [0.717, 1.165) is 30.4 Å². The maximum Gasteiger partial charge on any atom is 0.234 e. The molecule has 1 aromatic heterocycles. The minimum absolute atomic E-state index is 0.147. The summed E-state index contributed by atoms with van der Waals surface area (Å²) in [6.45, 7) is 2.73. The molecule has 1 aliphatic rings. The van der Waals surface area contributed by atoms with Gasteiger partial charge in [-0.15, -0.1) is 10.2 Å². The van der Waals surface area contributed by atoms with Crippen molar-refractivity contribution >= 4 is 23.4 Å². The van der Waals surface area contributed by atoms with Crippen LogP contribution >= 0.6 is 11.8 Å². The van der Waals surface area contributed by atoms with Gasteiger partial charge in [0.15, 0.2) is 11.0 Å². The summed E-state index contributed by atoms with van der Waals surface area (Å²) in [4.78, 5) is 14.8. The second-order valence-electron chi connectivity index (χ2n) is 7.61. The number of carbonyl (C=O) groups is 1. The highest BCUT2D eigenvalue weighted by Crippen LogP contribution is 2.24. The first-order valence-electron chi connectivity index (χ1n) is 10.6. The minimum Gasteiger partial charge on any atom is -0.497 e. The Morgan fingerprint density at radius 1 is 1.06 bits per heavy atom. The van der Waals surface area contributed by atoms with Crippen molar-refractivity contribution in [2.75, 3.05) is 31.3 Å². The number of carbonyl (C=O) groups excluding carboxylic acids is 1. The van der Waals surface area contributed by atoms with Crippen LogP contribution in [0, 0.1) is 5.82 Å². The molecule has 2 heterocycles. The van der Waals surface area contributed by atoms with E-state index in [1.807, 2.05) is 4.57 Å². The number of rotatable bonds is 8. The van der Waals surface area contributed by atoms with Crippen molar-refractivity contribution in [2.45, 2.75) is 31.0 Å². The Kier molecular flexibility index (Phi) is 7.39. The number of nitrogens with one attached hydrogen (secondary N) is 1. The van der Waals surface area contributed by atoms with Crippen LogP contribution in [0.4, 0.5) is 10.1 Å². The number of piperidine rings is 1. The molecule has 9 heteroatoms. The Morgan fingerprint density at radius 2 is 1.78 bits per heavy atom. The van der Waals surface area contributed by atoms with Gasteiger partial charge in [0.05, 0.1) is 19.4 Å². The van der Waals surface area contributed by atoms with Gasteiger partial charge in [0.25, 0.3) is 0 Å². The lowest BCUT2D eigenvalue weighted by molar-refractivity contribution is -0.113. The maximum absolute atomic E-state index is 13.5. The molecule has 0 spiro atoms. The molecular formula is C23H26FN5O2S. The second-order valence-corrected chi connectivity index (χ2v) is 8.56. The fraction of sp³-hybridized carbons (Fsp3) is 0.348. The maximum atomic E-state index is 13.5. The molecule has 4 rings (SSSR count). The number of hydrogen-bond donors (Lipinski definition) is 1. The standard InChI is InChI=1S/C23H26FN5O2S/c1-31-20-11-7-18(8-12-20)25-22(30)16-32-23-27-26-21(15-28-13-3-2-4-14-28)29(23)19-9-5-17(24)6-10-19/h5-12H,2-4,13-16H2,1H3,(H,25,30). The number of aromatic nitrogens is 3. The monoisotopic (exact) mass is 455 g/mol. The Labute approximate surface area is 191 Å². The number of benzene rings is 2. The number of anilines is 1. The van der Waals surface area contributed by atoms with Crippen LogP contribution in [0.15, 0.2) is 53.7 Å². The third kappa shape index (κ3) is 5.66. The Morgan fingerprint density at radius 3 is 2.47 bits per heavy atom. The first kappa shape index (κ1) is 22.3. The largest absolute Gasteiger partial charge is 0.497 e. The van der Waals surface area contributed by atoms with E-state index in [1.165, 1.54) is 43.2 Å². The molecular weight excluding hydrogens is 429 g/mol. The summed E-state index contributed by atoms with van der Waals surface area (Å²) in [5, 5.41) is 12.2. The van der Waals surface area contributed by atoms with Gasteiger partial charge >= 0.3 is 0 Å². The first-order chi connectivity index (χ1) is 15.6. The van der Waals surface area contributed by atoms with E-state index >= 15 is 0 Å². The van der Waals surface area contributed by atoms with Crippen LogP contribution < -0.4 is 10.1 Å². The number of amides is 1. The molecule has 0 aliphatic carbocycles. The summed E-state index contributed by atoms with van der Waals surface area (Å²) in [6, 6.07) is 13.4. The van der Waals surface area contributed by atoms with Crippen LogP contribution in [-0.2, 0) is 11.3 Å². The zero-order valence-corrected chi connectivity index (χ0v) is 18.8. The molecule has 1 N–H and O–H groups in total. The number of hydrogen-bond acceptors (Lipinski definition) is 6. The number of halogens is 1. The van der Waals surface area contributed by atoms with Gasteiger partial charge in [-0.2, -0.15) is 0 Å². The highest BCUT2D eigenvalue weighted by molar-refractivity contribution is 7.99. The molecule has 0 radical (unpaired) electrons. The van der Waals surface area contributed by atoms with Gasteiger partial charge in [-0.1, -0.05) is 18.2 Å². The van der Waals surface area contributed by atoms with Gasteiger partial charge in [-0.05, 0) is 74.5 Å². The molecule has 1 fully saturated rings. The van der Waals surface area contributed by atoms with Crippen molar-refractivity contribution in [3.05, 3.63) is 60.2 Å². The first-order valence-corrected chi connectivity index (χ1v) is 11.6. The van der Waals surface area contributed by atoms with Crippen molar-refractivity contribution < 1.29 is 13.9 Å². The predicted molar refractivity (Wildman–Crippen MR) is 123 cm³/mol. The Hall–Kier alpha value is -2.91. The quantitative estimate of drug-likeness (QED) is 0.515. The average molecular weight is 456 g/mol. The lowest BCUT2D eigenvalue weighted by Crippen LogP contribution is -2.30. The molecule has 0 atom stereocenters. The van der Waals surface area contributed by atoms with Crippen LogP contribution in [0.1, 0.15) is 25.1 Å². The molecule has 1 amide bonds. The Balaban J connectivity index is 1.48. The summed E-state index contributed by atoms with van der Waals surface area (Å²) >= 11 is 1.30. The molecule has 168 valence electrons. The number of ether oxygens (including phenoxy) is 1. The molecule has 0 unspecified atom stereocenters. The third-order valence-corrected chi connectivity index (χ3v) is 6.23. The van der Waals surface area contributed by atoms with Crippen molar-refractivity contribution in [3.63, 3.8) is 0 Å². The SMILES string of the molecule is COc1ccc(NC(=O)CSc2nnc(CN3CCCCC3)n2-c2ccc(F)cc2)cc1. The van der Waals surface area contributed by atoms with E-state index in [4.69, 9.17) is 4.74 Å². The predicted octanol–water partition coefficient (Wildman–Crippen LogP) is 4.13. The summed E-state index contributed by atoms with van der Waals surface area (Å²) in [5.74, 6) is 1.25. The fourth-order valence-corrected chi connectivity index (χ4v) is 4.44. The number of methoxy groups -OCH3 is 1. The lowest BCUT2D eigenvalue weighted by Gasteiger charge is -2.26. The molecule has 0 bridgehead atoms. The van der Waals surface area contributed by atoms with Crippen molar-refractivity contribution in [1.29, 1.82) is 0 Å². The summed E-state index contributed by atoms with van der Waals surface area (Å²) < 4.78 is 20.5. The van der Waals surface area contributed by atoms with Crippen molar-refractivity contribution in [3.8, 4) is 11.4 Å². The van der Waals surface area contributed by atoms with Crippen LogP contribution in [0.25, 0.3) is 5.69 Å². The average Bonchev–Trinajstić information content (AvgIpc) is 3.21. The highest BCUT2D eigenvalue weighted by Gasteiger charge is 2.19. The van der Waals surface area contributed by atoms with Crippen molar-refractivity contribution in [1.82, 2.24) is 19.7 Å². The molecule has 3 aromatic rings. The highest BCUT2D eigenvalue weighted by atomic mass is 32.2. The molecule has 1 saturated heterocycles. The summed E-state index contributed by atoms with van der Waals surface area (Å²) in [7, 11) is 1.60. The number of thioether (sulfide) groups is 1. The van der Waals surface area contributed by atoms with Crippen LogP contribution in [0.2, 0.25) is 0 Å². The van der Waals surface area contributed by atoms with E-state index in [-0.39, 0.29) is 17.5 Å². The van der Waals surface area contributed by atoms with Crippen molar-refractivity contribution in [2.24, 2.45) is 0 Å². The lowest BCUT2D eigenvalue weighted by atomic mass is 10.1. The normalized spacial score (nSPS) is 14.3. The molecule has 32 heavy (non-hydrogen) atoms. The summed E-state index contributed by atoms with van der Waals surface area (Å²) in [5.41, 5.74) is 1.48. The van der Waals surface area contributed by atoms with Gasteiger partial charge < -0.3 is 10.1 Å². The second kappa shape index (κ2) is 10.6. The van der Waals surface area contributed by atoms with E-state index in [0.29, 0.717) is 17.4 Å². The van der Waals surface area contributed by atoms with Gasteiger partial charge in [0.2, 0.25) is 5.91 Å². The third-order valence-electron chi connectivity index (χ3n) is 5.31. The van der Waals surface area contributed by atoms with Crippen LogP contribution in [-0.4, -0.2) is 51.5 Å². The molecule has 2 aromatic carbocycles. The zero-order valence-electron chi connectivity index (χ0n) is 18.0. The fourth-order valence-electron chi connectivity index (χ4n) is 3.66. The van der Waals surface area contributed by atoms with E-state index in [1.54, 1.807) is 43.5 Å². The van der Waals surface area contributed by atoms with Crippen LogP contribution in [0.5, 0.6) is 5.75 Å². The van der Waals surface area contributed by atoms with E-state index < -0.39 is 0 Å². The van der Waals surface area contributed by atoms with E-state index in [9.17, 15) is 9.18 Å². The topological polar surface area (TPSA) is 72.3 Å².